The minimum Gasteiger partial charge on any atom is -0.486 e. The lowest BCUT2D eigenvalue weighted by molar-refractivity contribution is -0.136. The molecule has 0 bridgehead atoms. The molecule has 0 spiro atoms. The number of rotatable bonds is 6. The number of carboxylic acids is 1. The number of nitrogens with zero attached hydrogens (tertiary/aromatic N) is 2. The average Bonchev–Trinajstić information content (AvgIpc) is 2.73. The van der Waals surface area contributed by atoms with Crippen LogP contribution >= 0.6 is 11.6 Å². The zero-order valence-corrected chi connectivity index (χ0v) is 16.1. The average molecular weight is 405 g/mol. The number of hydrogen-bond acceptors (Lipinski definition) is 4. The van der Waals surface area contributed by atoms with Gasteiger partial charge >= 0.3 is 5.97 Å². The van der Waals surface area contributed by atoms with Crippen molar-refractivity contribution in [3.05, 3.63) is 89.5 Å². The fourth-order valence-electron chi connectivity index (χ4n) is 3.40. The number of halogens is 1. The van der Waals surface area contributed by atoms with Crippen molar-refractivity contribution in [2.45, 2.75) is 13.0 Å². The van der Waals surface area contributed by atoms with Crippen molar-refractivity contribution < 1.29 is 14.6 Å². The molecule has 4 rings (SSSR count). The van der Waals surface area contributed by atoms with Gasteiger partial charge in [0.25, 0.3) is 0 Å². The number of fused-ring (bicyclic) bond motifs is 1. The van der Waals surface area contributed by atoms with Crippen molar-refractivity contribution in [3.63, 3.8) is 0 Å². The lowest BCUT2D eigenvalue weighted by Gasteiger charge is -2.18. The largest absolute Gasteiger partial charge is 0.486 e. The summed E-state index contributed by atoms with van der Waals surface area (Å²) >= 11 is 6.06. The van der Waals surface area contributed by atoms with Crippen LogP contribution in [-0.2, 0) is 17.8 Å². The highest BCUT2D eigenvalue weighted by Crippen LogP contribution is 2.36. The van der Waals surface area contributed by atoms with Crippen LogP contribution in [0, 0.1) is 0 Å². The van der Waals surface area contributed by atoms with Crippen LogP contribution in [0.15, 0.2) is 73.3 Å². The van der Waals surface area contributed by atoms with Crippen LogP contribution < -0.4 is 4.74 Å². The summed E-state index contributed by atoms with van der Waals surface area (Å²) in [6, 6.07) is 17.3. The third-order valence-corrected chi connectivity index (χ3v) is 4.89. The van der Waals surface area contributed by atoms with Crippen LogP contribution in [0.5, 0.6) is 5.75 Å². The molecule has 0 saturated heterocycles. The van der Waals surface area contributed by atoms with Crippen molar-refractivity contribution in [1.82, 2.24) is 9.97 Å². The molecule has 0 amide bonds. The van der Waals surface area contributed by atoms with E-state index in [2.05, 4.69) is 9.97 Å². The highest BCUT2D eigenvalue weighted by atomic mass is 35.5. The first-order valence-electron chi connectivity index (χ1n) is 9.01. The van der Waals surface area contributed by atoms with Gasteiger partial charge in [0.2, 0.25) is 0 Å². The van der Waals surface area contributed by atoms with E-state index in [1.165, 1.54) is 6.33 Å². The fourth-order valence-corrected chi connectivity index (χ4v) is 3.52. The van der Waals surface area contributed by atoms with E-state index in [4.69, 9.17) is 16.3 Å². The smallest absolute Gasteiger partial charge is 0.307 e. The molecule has 0 aliphatic rings. The Bertz CT molecular complexity index is 1160. The van der Waals surface area contributed by atoms with Crippen molar-refractivity contribution in [1.29, 1.82) is 0 Å². The normalized spacial score (nSPS) is 10.8. The van der Waals surface area contributed by atoms with Gasteiger partial charge in [-0.15, -0.1) is 0 Å². The van der Waals surface area contributed by atoms with Gasteiger partial charge in [-0.2, -0.15) is 0 Å². The Morgan fingerprint density at radius 1 is 1.03 bits per heavy atom. The molecule has 144 valence electrons. The quantitative estimate of drug-likeness (QED) is 0.480. The summed E-state index contributed by atoms with van der Waals surface area (Å²) in [7, 11) is 0. The van der Waals surface area contributed by atoms with Crippen LogP contribution in [0.4, 0.5) is 0 Å². The number of hydrogen-bond donors (Lipinski definition) is 1. The molecule has 5 nitrogen and oxygen atoms in total. The molecule has 0 aliphatic carbocycles. The van der Waals surface area contributed by atoms with E-state index >= 15 is 0 Å². The number of aliphatic carboxylic acids is 1. The summed E-state index contributed by atoms with van der Waals surface area (Å²) in [5.74, 6) is -0.380. The summed E-state index contributed by atoms with van der Waals surface area (Å²) < 4.78 is 5.83. The zero-order chi connectivity index (χ0) is 20.2. The van der Waals surface area contributed by atoms with Crippen LogP contribution in [-0.4, -0.2) is 21.0 Å². The van der Waals surface area contributed by atoms with Gasteiger partial charge in [-0.05, 0) is 51.2 Å². The van der Waals surface area contributed by atoms with Crippen LogP contribution in [0.2, 0.25) is 5.02 Å². The minimum absolute atomic E-state index is 0.118. The first kappa shape index (κ1) is 18.9. The number of ether oxygens (including phenoxy) is 1. The monoisotopic (exact) mass is 404 g/mol. The number of carbonyl (C=O) groups is 1. The second kappa shape index (κ2) is 8.29. The molecule has 0 radical (unpaired) electrons. The Morgan fingerprint density at radius 3 is 2.48 bits per heavy atom. The fraction of sp³-hybridized carbons (Fsp3) is 0.0870. The third kappa shape index (κ3) is 4.20. The zero-order valence-electron chi connectivity index (χ0n) is 15.4. The van der Waals surface area contributed by atoms with Gasteiger partial charge in [0.15, 0.2) is 5.75 Å². The molecule has 1 aromatic heterocycles. The van der Waals surface area contributed by atoms with Gasteiger partial charge in [0.05, 0.1) is 18.8 Å². The second-order valence-corrected chi connectivity index (χ2v) is 6.99. The topological polar surface area (TPSA) is 72.3 Å². The van der Waals surface area contributed by atoms with E-state index in [-0.39, 0.29) is 13.0 Å². The molecule has 0 saturated carbocycles. The molecule has 3 aromatic carbocycles. The molecule has 0 fully saturated rings. The molecule has 4 aromatic rings. The lowest BCUT2D eigenvalue weighted by Crippen LogP contribution is -2.09. The van der Waals surface area contributed by atoms with Crippen LogP contribution in [0.3, 0.4) is 0 Å². The first-order valence-corrected chi connectivity index (χ1v) is 9.38. The Morgan fingerprint density at radius 2 is 1.76 bits per heavy atom. The number of aromatic nitrogens is 2. The molecular formula is C23H17ClN2O3. The lowest BCUT2D eigenvalue weighted by atomic mass is 9.88. The maximum absolute atomic E-state index is 11.7. The highest BCUT2D eigenvalue weighted by molar-refractivity contribution is 6.30. The summed E-state index contributed by atoms with van der Waals surface area (Å²) in [6.45, 7) is 0.210. The van der Waals surface area contributed by atoms with Gasteiger partial charge < -0.3 is 9.84 Å². The van der Waals surface area contributed by atoms with Crippen LogP contribution in [0.1, 0.15) is 11.1 Å². The van der Waals surface area contributed by atoms with E-state index in [0.29, 0.717) is 10.8 Å². The summed E-state index contributed by atoms with van der Waals surface area (Å²) in [5.41, 5.74) is 3.31. The van der Waals surface area contributed by atoms with Crippen LogP contribution in [0.25, 0.3) is 21.9 Å². The van der Waals surface area contributed by atoms with Gasteiger partial charge in [-0.3, -0.25) is 4.79 Å². The summed E-state index contributed by atoms with van der Waals surface area (Å²) in [4.78, 5) is 19.6. The van der Waals surface area contributed by atoms with Gasteiger partial charge in [-0.25, -0.2) is 9.97 Å². The van der Waals surface area contributed by atoms with Crippen molar-refractivity contribution in [2.24, 2.45) is 0 Å². The van der Waals surface area contributed by atoms with Gasteiger partial charge in [-0.1, -0.05) is 48.0 Å². The molecule has 0 unspecified atom stereocenters. The Kier molecular flexibility index (Phi) is 5.40. The first-order chi connectivity index (χ1) is 14.1. The van der Waals surface area contributed by atoms with E-state index < -0.39 is 5.97 Å². The Hall–Kier alpha value is -3.44. The summed E-state index contributed by atoms with van der Waals surface area (Å²) in [6.07, 6.45) is 4.46. The third-order valence-electron chi connectivity index (χ3n) is 4.64. The maximum Gasteiger partial charge on any atom is 0.307 e. The SMILES string of the molecule is O=C(O)Cc1c(COc2cncnc2)cc2ccccc2c1-c1ccc(Cl)cc1. The highest BCUT2D eigenvalue weighted by Gasteiger charge is 2.18. The minimum atomic E-state index is -0.903. The number of benzene rings is 3. The van der Waals surface area contributed by atoms with Crippen molar-refractivity contribution >= 4 is 28.3 Å². The van der Waals surface area contributed by atoms with E-state index in [0.717, 1.165) is 33.0 Å². The Balaban J connectivity index is 1.89. The van der Waals surface area contributed by atoms with Gasteiger partial charge in [0.1, 0.15) is 12.9 Å². The van der Waals surface area contributed by atoms with Crippen molar-refractivity contribution in [3.8, 4) is 16.9 Å². The van der Waals surface area contributed by atoms with E-state index in [1.54, 1.807) is 24.5 Å². The molecular weight excluding hydrogens is 388 g/mol. The van der Waals surface area contributed by atoms with E-state index in [9.17, 15) is 9.90 Å². The molecule has 1 N–H and O–H groups in total. The molecule has 29 heavy (non-hydrogen) atoms. The molecule has 6 heteroatoms. The maximum atomic E-state index is 11.7. The molecule has 0 aliphatic heterocycles. The predicted octanol–water partition coefficient (Wildman–Crippen LogP) is 5.16. The standard InChI is InChI=1S/C23H17ClN2O3/c24-18-7-5-15(6-8-18)23-20-4-2-1-3-16(20)9-17(21(23)10-22(27)28)13-29-19-11-25-14-26-12-19/h1-9,11-12,14H,10,13H2,(H,27,28). The van der Waals surface area contributed by atoms with Gasteiger partial charge in [0, 0.05) is 5.02 Å². The van der Waals surface area contributed by atoms with Crippen molar-refractivity contribution in [2.75, 3.05) is 0 Å². The van der Waals surface area contributed by atoms with E-state index in [1.807, 2.05) is 42.5 Å². The predicted molar refractivity (Wildman–Crippen MR) is 112 cm³/mol. The Labute approximate surface area is 172 Å². The second-order valence-electron chi connectivity index (χ2n) is 6.55. The number of carboxylic acid groups (broad SMARTS) is 1. The molecule has 0 atom stereocenters. The molecule has 1 heterocycles. The summed E-state index contributed by atoms with van der Waals surface area (Å²) in [5, 5.41) is 12.2.